The van der Waals surface area contributed by atoms with Gasteiger partial charge in [-0.05, 0) is 27.9 Å². The van der Waals surface area contributed by atoms with Gasteiger partial charge in [0.2, 0.25) is 0 Å². The van der Waals surface area contributed by atoms with Crippen molar-refractivity contribution in [2.24, 2.45) is 0 Å². The summed E-state index contributed by atoms with van der Waals surface area (Å²) < 4.78 is 13.0. The van der Waals surface area contributed by atoms with E-state index in [4.69, 9.17) is 9.05 Å². The summed E-state index contributed by atoms with van der Waals surface area (Å²) in [4.78, 5) is 0. The zero-order valence-electron chi connectivity index (χ0n) is 6.87. The van der Waals surface area contributed by atoms with Gasteiger partial charge in [0.15, 0.2) is 0 Å². The maximum atomic E-state index is 5.50. The Labute approximate surface area is 63.3 Å². The second-order valence-corrected chi connectivity index (χ2v) is 4.40. The molecule has 0 aromatic carbocycles. The van der Waals surface area contributed by atoms with Crippen molar-refractivity contribution in [3.63, 3.8) is 0 Å². The predicted molar refractivity (Wildman–Crippen MR) is 41.7 cm³/mol. The van der Waals surface area contributed by atoms with E-state index in [0.29, 0.717) is 0 Å². The highest BCUT2D eigenvalue weighted by molar-refractivity contribution is 7.44. The summed E-state index contributed by atoms with van der Waals surface area (Å²) in [7, 11) is 3.19. The molecule has 3 nitrogen and oxygen atoms in total. The summed E-state index contributed by atoms with van der Waals surface area (Å²) in [6, 6.07) is 0. The largest absolute Gasteiger partial charge is 0.316 e. The molecule has 0 radical (unpaired) electrons. The van der Waals surface area contributed by atoms with E-state index >= 15 is 0 Å². The average molecular weight is 163 g/mol. The number of hydrogen-bond acceptors (Lipinski definition) is 3. The normalized spacial score (nSPS) is 41.1. The maximum absolute atomic E-state index is 5.50. The van der Waals surface area contributed by atoms with Crippen LogP contribution >= 0.6 is 8.53 Å². The Balaban J connectivity index is 2.41. The van der Waals surface area contributed by atoms with Crippen molar-refractivity contribution in [1.82, 2.24) is 4.67 Å². The first kappa shape index (κ1) is 8.41. The van der Waals surface area contributed by atoms with E-state index in [1.165, 1.54) is 0 Å². The van der Waals surface area contributed by atoms with Gasteiger partial charge in [-0.2, -0.15) is 0 Å². The van der Waals surface area contributed by atoms with Crippen LogP contribution in [0.2, 0.25) is 0 Å². The first-order valence-electron chi connectivity index (χ1n) is 3.42. The van der Waals surface area contributed by atoms with Crippen molar-refractivity contribution in [1.29, 1.82) is 0 Å². The quantitative estimate of drug-likeness (QED) is 0.548. The van der Waals surface area contributed by atoms with Crippen molar-refractivity contribution in [2.75, 3.05) is 14.1 Å². The van der Waals surface area contributed by atoms with Gasteiger partial charge in [-0.15, -0.1) is 0 Å². The van der Waals surface area contributed by atoms with Gasteiger partial charge in [-0.25, -0.2) is 4.67 Å². The Bertz CT molecular complexity index is 110. The smallest absolute Gasteiger partial charge is 0.258 e. The fraction of sp³-hybridized carbons (Fsp3) is 1.00. The third kappa shape index (κ3) is 1.67. The first-order chi connectivity index (χ1) is 4.61. The lowest BCUT2D eigenvalue weighted by atomic mass is 10.3. The van der Waals surface area contributed by atoms with Crippen LogP contribution in [0.1, 0.15) is 13.8 Å². The molecular formula is C6H14NO2P. The van der Waals surface area contributed by atoms with Crippen molar-refractivity contribution in [3.8, 4) is 0 Å². The highest BCUT2D eigenvalue weighted by atomic mass is 31.2. The summed E-state index contributed by atoms with van der Waals surface area (Å²) in [6.07, 6.45) is 0.488. The molecule has 0 bridgehead atoms. The molecule has 1 heterocycles. The summed E-state index contributed by atoms with van der Waals surface area (Å²) in [5, 5.41) is 0. The standard InChI is InChI=1S/C6H14NO2P/c1-5-6(2)9-10(8-5)7(3)4/h5-6H,1-4H3. The topological polar surface area (TPSA) is 21.7 Å². The van der Waals surface area contributed by atoms with Crippen LogP contribution in [-0.4, -0.2) is 31.0 Å². The molecule has 0 amide bonds. The molecule has 10 heavy (non-hydrogen) atoms. The van der Waals surface area contributed by atoms with Gasteiger partial charge in [0.05, 0.1) is 12.2 Å². The lowest BCUT2D eigenvalue weighted by molar-refractivity contribution is 0.187. The zero-order chi connectivity index (χ0) is 7.72. The van der Waals surface area contributed by atoms with Crippen molar-refractivity contribution >= 4 is 8.53 Å². The minimum absolute atomic E-state index is 0.244. The number of hydrogen-bond donors (Lipinski definition) is 0. The molecule has 60 valence electrons. The highest BCUT2D eigenvalue weighted by Crippen LogP contribution is 2.49. The van der Waals surface area contributed by atoms with E-state index in [1.54, 1.807) is 0 Å². The van der Waals surface area contributed by atoms with Gasteiger partial charge in [0.1, 0.15) is 0 Å². The minimum Gasteiger partial charge on any atom is -0.316 e. The van der Waals surface area contributed by atoms with Crippen LogP contribution in [0.4, 0.5) is 0 Å². The SMILES string of the molecule is CC1OP(N(C)C)OC1C. The van der Waals surface area contributed by atoms with Crippen LogP contribution in [0.5, 0.6) is 0 Å². The van der Waals surface area contributed by atoms with Crippen LogP contribution in [0, 0.1) is 0 Å². The van der Waals surface area contributed by atoms with Crippen molar-refractivity contribution in [2.45, 2.75) is 26.1 Å². The van der Waals surface area contributed by atoms with Gasteiger partial charge in [-0.3, -0.25) is 0 Å². The second kappa shape index (κ2) is 3.14. The molecule has 2 atom stereocenters. The summed E-state index contributed by atoms with van der Waals surface area (Å²) in [6.45, 7) is 4.08. The Hall–Kier alpha value is 0.310. The molecule has 2 unspecified atom stereocenters. The molecule has 1 fully saturated rings. The Morgan fingerprint density at radius 2 is 1.50 bits per heavy atom. The van der Waals surface area contributed by atoms with E-state index in [9.17, 15) is 0 Å². The molecule has 1 aliphatic rings. The van der Waals surface area contributed by atoms with Gasteiger partial charge < -0.3 is 9.05 Å². The van der Waals surface area contributed by atoms with E-state index in [0.717, 1.165) is 0 Å². The molecule has 0 aromatic rings. The molecule has 0 aromatic heterocycles. The molecule has 1 aliphatic heterocycles. The predicted octanol–water partition coefficient (Wildman–Crippen LogP) is 1.60. The first-order valence-corrected chi connectivity index (χ1v) is 4.55. The van der Waals surface area contributed by atoms with E-state index in [-0.39, 0.29) is 12.2 Å². The van der Waals surface area contributed by atoms with Crippen LogP contribution in [-0.2, 0) is 9.05 Å². The van der Waals surface area contributed by atoms with E-state index < -0.39 is 8.53 Å². The van der Waals surface area contributed by atoms with Gasteiger partial charge in [0, 0.05) is 0 Å². The molecule has 0 aliphatic carbocycles. The summed E-state index contributed by atoms with van der Waals surface area (Å²) >= 11 is 0. The van der Waals surface area contributed by atoms with Crippen molar-refractivity contribution < 1.29 is 9.05 Å². The minimum atomic E-state index is -0.749. The monoisotopic (exact) mass is 163 g/mol. The van der Waals surface area contributed by atoms with Crippen LogP contribution in [0.25, 0.3) is 0 Å². The zero-order valence-corrected chi connectivity index (χ0v) is 7.76. The lowest BCUT2D eigenvalue weighted by Crippen LogP contribution is -2.13. The maximum Gasteiger partial charge on any atom is 0.258 e. The summed E-state index contributed by atoms with van der Waals surface area (Å²) in [5.41, 5.74) is 0. The Morgan fingerprint density at radius 3 is 1.70 bits per heavy atom. The molecule has 0 spiro atoms. The highest BCUT2D eigenvalue weighted by Gasteiger charge is 2.32. The summed E-state index contributed by atoms with van der Waals surface area (Å²) in [5.74, 6) is 0. The third-order valence-electron chi connectivity index (χ3n) is 1.50. The van der Waals surface area contributed by atoms with Crippen molar-refractivity contribution in [3.05, 3.63) is 0 Å². The lowest BCUT2D eigenvalue weighted by Gasteiger charge is -2.14. The third-order valence-corrected chi connectivity index (χ3v) is 3.18. The fourth-order valence-corrected chi connectivity index (χ4v) is 2.01. The van der Waals surface area contributed by atoms with Crippen LogP contribution < -0.4 is 0 Å². The Kier molecular flexibility index (Phi) is 2.64. The van der Waals surface area contributed by atoms with Gasteiger partial charge in [-0.1, -0.05) is 0 Å². The van der Waals surface area contributed by atoms with Crippen LogP contribution in [0.3, 0.4) is 0 Å². The van der Waals surface area contributed by atoms with E-state index in [1.807, 2.05) is 32.6 Å². The second-order valence-electron chi connectivity index (χ2n) is 2.71. The fourth-order valence-electron chi connectivity index (χ4n) is 0.669. The van der Waals surface area contributed by atoms with Gasteiger partial charge in [0.25, 0.3) is 8.53 Å². The van der Waals surface area contributed by atoms with Gasteiger partial charge >= 0.3 is 0 Å². The number of nitrogens with zero attached hydrogens (tertiary/aromatic N) is 1. The molecule has 0 N–H and O–H groups in total. The molecule has 4 heteroatoms. The molecule has 0 saturated carbocycles. The number of rotatable bonds is 1. The Morgan fingerprint density at radius 1 is 1.10 bits per heavy atom. The molecular weight excluding hydrogens is 149 g/mol. The molecule has 1 saturated heterocycles. The van der Waals surface area contributed by atoms with E-state index in [2.05, 4.69) is 0 Å². The average Bonchev–Trinajstić information content (AvgIpc) is 2.13. The van der Waals surface area contributed by atoms with Crippen LogP contribution in [0.15, 0.2) is 0 Å². The molecule has 1 rings (SSSR count).